The van der Waals surface area contributed by atoms with E-state index in [1.54, 1.807) is 30.3 Å². The maximum absolute atomic E-state index is 12.6. The van der Waals surface area contributed by atoms with Crippen molar-refractivity contribution in [3.8, 4) is 5.75 Å². The summed E-state index contributed by atoms with van der Waals surface area (Å²) in [5, 5.41) is 0. The molecule has 1 heterocycles. The van der Waals surface area contributed by atoms with Gasteiger partial charge in [-0.2, -0.15) is 0 Å². The number of nitrogen functional groups attached to an aromatic ring is 1. The van der Waals surface area contributed by atoms with Crippen molar-refractivity contribution in [2.45, 2.75) is 6.92 Å². The molecule has 0 spiro atoms. The van der Waals surface area contributed by atoms with Crippen molar-refractivity contribution in [1.82, 2.24) is 0 Å². The van der Waals surface area contributed by atoms with Crippen molar-refractivity contribution in [3.63, 3.8) is 0 Å². The molecule has 0 aliphatic carbocycles. The summed E-state index contributed by atoms with van der Waals surface area (Å²) in [5.41, 5.74) is 8.08. The molecule has 3 rings (SSSR count). The van der Waals surface area contributed by atoms with Crippen LogP contribution in [0.5, 0.6) is 5.75 Å². The fourth-order valence-corrected chi connectivity index (χ4v) is 2.51. The zero-order valence-electron chi connectivity index (χ0n) is 11.7. The van der Waals surface area contributed by atoms with Crippen LogP contribution in [0.25, 0.3) is 0 Å². The molecule has 0 aromatic heterocycles. The minimum Gasteiger partial charge on any atom is -0.495 e. The van der Waals surface area contributed by atoms with Gasteiger partial charge in [-0.1, -0.05) is 12.1 Å². The Hall–Kier alpha value is -2.82. The Labute approximate surface area is 121 Å². The van der Waals surface area contributed by atoms with Gasteiger partial charge in [0.25, 0.3) is 11.8 Å². The van der Waals surface area contributed by atoms with Gasteiger partial charge in [0.2, 0.25) is 0 Å². The highest BCUT2D eigenvalue weighted by atomic mass is 16.5. The second-order valence-corrected chi connectivity index (χ2v) is 4.89. The molecular weight excluding hydrogens is 268 g/mol. The monoisotopic (exact) mass is 282 g/mol. The van der Waals surface area contributed by atoms with Gasteiger partial charge in [-0.3, -0.25) is 9.59 Å². The molecule has 5 nitrogen and oxygen atoms in total. The minimum atomic E-state index is -0.419. The molecule has 0 saturated heterocycles. The van der Waals surface area contributed by atoms with Gasteiger partial charge in [0.15, 0.2) is 0 Å². The summed E-state index contributed by atoms with van der Waals surface area (Å²) in [6.45, 7) is 1.88. The zero-order valence-corrected chi connectivity index (χ0v) is 11.7. The fourth-order valence-electron chi connectivity index (χ4n) is 2.51. The summed E-state index contributed by atoms with van der Waals surface area (Å²) in [7, 11) is 1.50. The van der Waals surface area contributed by atoms with E-state index in [2.05, 4.69) is 0 Å². The number of rotatable bonds is 2. The Morgan fingerprint density at radius 3 is 2.52 bits per heavy atom. The molecule has 0 radical (unpaired) electrons. The van der Waals surface area contributed by atoms with Crippen molar-refractivity contribution in [3.05, 3.63) is 53.1 Å². The number of aryl methyl sites for hydroxylation is 1. The van der Waals surface area contributed by atoms with Crippen molar-refractivity contribution in [1.29, 1.82) is 0 Å². The van der Waals surface area contributed by atoms with Crippen molar-refractivity contribution >= 4 is 23.2 Å². The Morgan fingerprint density at radius 1 is 1.10 bits per heavy atom. The lowest BCUT2D eigenvalue weighted by atomic mass is 10.1. The molecule has 0 unspecified atom stereocenters. The number of benzene rings is 2. The zero-order chi connectivity index (χ0) is 15.1. The quantitative estimate of drug-likeness (QED) is 0.678. The number of methoxy groups -OCH3 is 1. The Morgan fingerprint density at radius 2 is 1.86 bits per heavy atom. The number of ether oxygens (including phenoxy) is 1. The highest BCUT2D eigenvalue weighted by Gasteiger charge is 2.39. The molecule has 21 heavy (non-hydrogen) atoms. The lowest BCUT2D eigenvalue weighted by Gasteiger charge is -2.18. The molecule has 0 bridgehead atoms. The average Bonchev–Trinajstić information content (AvgIpc) is 2.72. The van der Waals surface area contributed by atoms with Gasteiger partial charge >= 0.3 is 0 Å². The van der Waals surface area contributed by atoms with Crippen LogP contribution in [0.3, 0.4) is 0 Å². The summed E-state index contributed by atoms with van der Waals surface area (Å²) >= 11 is 0. The molecule has 2 N–H and O–H groups in total. The maximum atomic E-state index is 12.6. The van der Waals surface area contributed by atoms with Crippen LogP contribution >= 0.6 is 0 Å². The van der Waals surface area contributed by atoms with E-state index in [4.69, 9.17) is 10.5 Å². The molecule has 0 saturated carbocycles. The normalized spacial score (nSPS) is 13.5. The van der Waals surface area contributed by atoms with Crippen LogP contribution in [0.1, 0.15) is 26.3 Å². The number of hydrogen-bond acceptors (Lipinski definition) is 4. The number of carbonyl (C=O) groups is 2. The average molecular weight is 282 g/mol. The second-order valence-electron chi connectivity index (χ2n) is 4.89. The topological polar surface area (TPSA) is 72.6 Å². The molecular formula is C16H14N2O3. The van der Waals surface area contributed by atoms with E-state index in [-0.39, 0.29) is 11.5 Å². The Kier molecular flexibility index (Phi) is 2.90. The lowest BCUT2D eigenvalue weighted by Crippen LogP contribution is -2.30. The van der Waals surface area contributed by atoms with Gasteiger partial charge in [-0.15, -0.1) is 0 Å². The number of imide groups is 1. The Bertz CT molecular complexity index is 768. The summed E-state index contributed by atoms with van der Waals surface area (Å²) in [6, 6.07) is 10.2. The van der Waals surface area contributed by atoms with E-state index < -0.39 is 5.91 Å². The predicted molar refractivity (Wildman–Crippen MR) is 79.7 cm³/mol. The number of nitrogens with two attached hydrogens (primary N) is 1. The van der Waals surface area contributed by atoms with Gasteiger partial charge in [-0.25, -0.2) is 4.90 Å². The van der Waals surface area contributed by atoms with E-state index in [0.29, 0.717) is 22.7 Å². The number of anilines is 2. The van der Waals surface area contributed by atoms with Crippen LogP contribution in [0.2, 0.25) is 0 Å². The third kappa shape index (κ3) is 1.86. The molecule has 1 aliphatic heterocycles. The van der Waals surface area contributed by atoms with Crippen LogP contribution in [0.4, 0.5) is 11.4 Å². The van der Waals surface area contributed by atoms with E-state index >= 15 is 0 Å². The van der Waals surface area contributed by atoms with Gasteiger partial charge < -0.3 is 10.5 Å². The summed E-state index contributed by atoms with van der Waals surface area (Å²) in [5.74, 6) is -0.336. The first-order chi connectivity index (χ1) is 10.0. The fraction of sp³-hybridized carbons (Fsp3) is 0.125. The third-order valence-electron chi connectivity index (χ3n) is 3.52. The molecule has 2 aromatic carbocycles. The first kappa shape index (κ1) is 13.2. The molecule has 0 atom stereocenters. The second kappa shape index (κ2) is 4.63. The first-order valence-corrected chi connectivity index (χ1v) is 6.46. The van der Waals surface area contributed by atoms with Crippen LogP contribution in [-0.2, 0) is 0 Å². The number of hydrogen-bond donors (Lipinski definition) is 1. The highest BCUT2D eigenvalue weighted by molar-refractivity contribution is 6.36. The molecule has 5 heteroatoms. The van der Waals surface area contributed by atoms with Crippen molar-refractivity contribution in [2.24, 2.45) is 0 Å². The van der Waals surface area contributed by atoms with Crippen LogP contribution in [-0.4, -0.2) is 18.9 Å². The first-order valence-electron chi connectivity index (χ1n) is 6.46. The number of amides is 2. The number of nitrogens with zero attached hydrogens (tertiary/aromatic N) is 1. The van der Waals surface area contributed by atoms with Crippen LogP contribution in [0.15, 0.2) is 36.4 Å². The van der Waals surface area contributed by atoms with Gasteiger partial charge in [0, 0.05) is 5.69 Å². The summed E-state index contributed by atoms with van der Waals surface area (Å²) < 4.78 is 5.26. The van der Waals surface area contributed by atoms with Gasteiger partial charge in [0.05, 0.1) is 23.9 Å². The molecule has 2 amide bonds. The maximum Gasteiger partial charge on any atom is 0.268 e. The van der Waals surface area contributed by atoms with Crippen LogP contribution in [0, 0.1) is 6.92 Å². The summed E-state index contributed by atoms with van der Waals surface area (Å²) in [4.78, 5) is 26.2. The largest absolute Gasteiger partial charge is 0.495 e. The molecule has 1 aliphatic rings. The van der Waals surface area contributed by atoms with E-state index in [1.165, 1.54) is 7.11 Å². The predicted octanol–water partition coefficient (Wildman–Crippen LogP) is 2.39. The summed E-state index contributed by atoms with van der Waals surface area (Å²) in [6.07, 6.45) is 0. The lowest BCUT2D eigenvalue weighted by molar-refractivity contribution is 0.0925. The van der Waals surface area contributed by atoms with Crippen LogP contribution < -0.4 is 15.4 Å². The van der Waals surface area contributed by atoms with Crippen molar-refractivity contribution < 1.29 is 14.3 Å². The van der Waals surface area contributed by atoms with Gasteiger partial charge in [0.1, 0.15) is 5.75 Å². The van der Waals surface area contributed by atoms with Crippen molar-refractivity contribution in [2.75, 3.05) is 17.7 Å². The SMILES string of the molecule is COc1ccc(C)cc1N1C(=O)c2cccc(N)c2C1=O. The minimum absolute atomic E-state index is 0.256. The number of carbonyl (C=O) groups excluding carboxylic acids is 2. The standard InChI is InChI=1S/C16H14N2O3/c1-9-6-7-13(21-2)12(8-9)18-15(19)10-4-3-5-11(17)14(10)16(18)20/h3-8H,17H2,1-2H3. The molecule has 106 valence electrons. The number of fused-ring (bicyclic) bond motifs is 1. The molecule has 0 fully saturated rings. The van der Waals surface area contributed by atoms with E-state index in [1.807, 2.05) is 13.0 Å². The third-order valence-corrected chi connectivity index (χ3v) is 3.52. The molecule has 2 aromatic rings. The van der Waals surface area contributed by atoms with E-state index in [0.717, 1.165) is 10.5 Å². The van der Waals surface area contributed by atoms with E-state index in [9.17, 15) is 9.59 Å². The van der Waals surface area contributed by atoms with Gasteiger partial charge in [-0.05, 0) is 36.8 Å². The highest BCUT2D eigenvalue weighted by Crippen LogP contribution is 2.36. The Balaban J connectivity index is 2.19. The smallest absolute Gasteiger partial charge is 0.268 e.